The number of halogens is 1. The van der Waals surface area contributed by atoms with Crippen LogP contribution in [0.15, 0.2) is 0 Å². The maximum atomic E-state index is 3.76. The van der Waals surface area contributed by atoms with Crippen LogP contribution in [0.4, 0.5) is 0 Å². The molecule has 0 radical (unpaired) electrons. The van der Waals surface area contributed by atoms with E-state index in [0.717, 1.165) is 5.92 Å². The number of hydrogen-bond donors (Lipinski definition) is 0. The molecule has 1 saturated heterocycles. The molecule has 1 unspecified atom stereocenters. The number of alkyl halides is 1. The van der Waals surface area contributed by atoms with Gasteiger partial charge >= 0.3 is 0 Å². The van der Waals surface area contributed by atoms with Crippen molar-refractivity contribution in [1.82, 2.24) is 4.90 Å². The first-order valence-corrected chi connectivity index (χ1v) is 8.15. The Hall–Kier alpha value is 0.440. The van der Waals surface area contributed by atoms with Crippen LogP contribution >= 0.6 is 15.9 Å². The molecule has 1 atom stereocenters. The van der Waals surface area contributed by atoms with E-state index in [-0.39, 0.29) is 0 Å². The van der Waals surface area contributed by atoms with Gasteiger partial charge in [-0.3, -0.25) is 0 Å². The van der Waals surface area contributed by atoms with E-state index >= 15 is 0 Å². The van der Waals surface area contributed by atoms with E-state index < -0.39 is 0 Å². The zero-order chi connectivity index (χ0) is 11.4. The summed E-state index contributed by atoms with van der Waals surface area (Å²) in [4.78, 5) is 2.75. The standard InChI is InChI=1S/C14H26BrN/c1-13-5-4-9-16(10-6-13)12-14(11-15)7-2-3-8-14/h13H,2-12H2,1H3. The van der Waals surface area contributed by atoms with Gasteiger partial charge in [-0.15, -0.1) is 0 Å². The molecule has 94 valence electrons. The monoisotopic (exact) mass is 287 g/mol. The van der Waals surface area contributed by atoms with Crippen LogP contribution < -0.4 is 0 Å². The molecule has 2 rings (SSSR count). The Kier molecular flexibility index (Phi) is 4.72. The van der Waals surface area contributed by atoms with Gasteiger partial charge in [0.1, 0.15) is 0 Å². The summed E-state index contributed by atoms with van der Waals surface area (Å²) in [5, 5.41) is 1.21. The van der Waals surface area contributed by atoms with Crippen LogP contribution in [0.25, 0.3) is 0 Å². The second kappa shape index (κ2) is 5.86. The number of hydrogen-bond acceptors (Lipinski definition) is 1. The lowest BCUT2D eigenvalue weighted by molar-refractivity contribution is 0.176. The molecule has 16 heavy (non-hydrogen) atoms. The fourth-order valence-electron chi connectivity index (χ4n) is 3.41. The molecule has 0 aromatic rings. The van der Waals surface area contributed by atoms with Crippen molar-refractivity contribution < 1.29 is 0 Å². The highest BCUT2D eigenvalue weighted by molar-refractivity contribution is 9.09. The van der Waals surface area contributed by atoms with Gasteiger partial charge in [-0.25, -0.2) is 0 Å². The zero-order valence-electron chi connectivity index (χ0n) is 10.7. The molecule has 0 aromatic heterocycles. The van der Waals surface area contributed by atoms with Crippen LogP contribution in [-0.4, -0.2) is 29.9 Å². The first kappa shape index (κ1) is 12.9. The number of rotatable bonds is 3. The molecular formula is C14H26BrN. The third-order valence-electron chi connectivity index (χ3n) is 4.62. The number of nitrogens with zero attached hydrogens (tertiary/aromatic N) is 1. The third-order valence-corrected chi connectivity index (χ3v) is 5.81. The van der Waals surface area contributed by atoms with Crippen molar-refractivity contribution in [2.24, 2.45) is 11.3 Å². The topological polar surface area (TPSA) is 3.24 Å². The molecule has 2 heteroatoms. The van der Waals surface area contributed by atoms with E-state index in [1.165, 1.54) is 69.9 Å². The average Bonchev–Trinajstić information content (AvgIpc) is 2.66. The molecule has 1 saturated carbocycles. The SMILES string of the molecule is CC1CCCN(CC2(CBr)CCCC2)CC1. The summed E-state index contributed by atoms with van der Waals surface area (Å²) in [7, 11) is 0. The zero-order valence-corrected chi connectivity index (χ0v) is 12.3. The van der Waals surface area contributed by atoms with Gasteiger partial charge in [-0.2, -0.15) is 0 Å². The van der Waals surface area contributed by atoms with Gasteiger partial charge in [0, 0.05) is 11.9 Å². The first-order chi connectivity index (χ1) is 7.74. The molecule has 0 amide bonds. The van der Waals surface area contributed by atoms with Crippen LogP contribution in [0.1, 0.15) is 51.9 Å². The lowest BCUT2D eigenvalue weighted by Crippen LogP contribution is -2.38. The molecule has 1 nitrogen and oxygen atoms in total. The fraction of sp³-hybridized carbons (Fsp3) is 1.00. The van der Waals surface area contributed by atoms with Gasteiger partial charge in [0.15, 0.2) is 0 Å². The molecule has 1 aliphatic heterocycles. The van der Waals surface area contributed by atoms with Gasteiger partial charge in [0.05, 0.1) is 0 Å². The summed E-state index contributed by atoms with van der Waals surface area (Å²) in [6, 6.07) is 0. The predicted octanol–water partition coefficient (Wildman–Crippen LogP) is 4.06. The summed E-state index contributed by atoms with van der Waals surface area (Å²) in [5.74, 6) is 0.952. The second-order valence-electron chi connectivity index (χ2n) is 6.15. The van der Waals surface area contributed by atoms with Crippen molar-refractivity contribution in [2.75, 3.05) is 25.0 Å². The normalized spacial score (nSPS) is 31.5. The van der Waals surface area contributed by atoms with Crippen LogP contribution in [0.5, 0.6) is 0 Å². The van der Waals surface area contributed by atoms with Crippen molar-refractivity contribution >= 4 is 15.9 Å². The third kappa shape index (κ3) is 3.22. The molecule has 0 spiro atoms. The van der Waals surface area contributed by atoms with Crippen LogP contribution in [0, 0.1) is 11.3 Å². The van der Waals surface area contributed by atoms with Gasteiger partial charge in [-0.1, -0.05) is 35.7 Å². The highest BCUT2D eigenvalue weighted by atomic mass is 79.9. The second-order valence-corrected chi connectivity index (χ2v) is 6.71. The van der Waals surface area contributed by atoms with Gasteiger partial charge < -0.3 is 4.90 Å². The van der Waals surface area contributed by atoms with Gasteiger partial charge in [0.2, 0.25) is 0 Å². The predicted molar refractivity (Wildman–Crippen MR) is 74.2 cm³/mol. The van der Waals surface area contributed by atoms with E-state index in [0.29, 0.717) is 5.41 Å². The van der Waals surface area contributed by atoms with Crippen molar-refractivity contribution in [1.29, 1.82) is 0 Å². The van der Waals surface area contributed by atoms with E-state index in [2.05, 4.69) is 27.8 Å². The summed E-state index contributed by atoms with van der Waals surface area (Å²) in [6.45, 7) is 6.46. The maximum Gasteiger partial charge on any atom is 0.0100 e. The summed E-state index contributed by atoms with van der Waals surface area (Å²) in [6.07, 6.45) is 10.1. The van der Waals surface area contributed by atoms with Crippen molar-refractivity contribution in [3.8, 4) is 0 Å². The van der Waals surface area contributed by atoms with Crippen LogP contribution in [0.2, 0.25) is 0 Å². The molecule has 0 N–H and O–H groups in total. The van der Waals surface area contributed by atoms with Gasteiger partial charge in [-0.05, 0) is 56.5 Å². The van der Waals surface area contributed by atoms with Crippen molar-refractivity contribution in [3.05, 3.63) is 0 Å². The molecule has 1 heterocycles. The minimum absolute atomic E-state index is 0.619. The minimum atomic E-state index is 0.619. The summed E-state index contributed by atoms with van der Waals surface area (Å²) >= 11 is 3.76. The quantitative estimate of drug-likeness (QED) is 0.708. The Bertz CT molecular complexity index is 211. The van der Waals surface area contributed by atoms with E-state index in [1.807, 2.05) is 0 Å². The lowest BCUT2D eigenvalue weighted by atomic mass is 9.88. The summed E-state index contributed by atoms with van der Waals surface area (Å²) in [5.41, 5.74) is 0.619. The molecule has 2 fully saturated rings. The Labute approximate surface area is 109 Å². The molecule has 1 aliphatic carbocycles. The average molecular weight is 288 g/mol. The lowest BCUT2D eigenvalue weighted by Gasteiger charge is -2.33. The van der Waals surface area contributed by atoms with E-state index in [1.54, 1.807) is 0 Å². The Morgan fingerprint density at radius 1 is 1.12 bits per heavy atom. The van der Waals surface area contributed by atoms with Crippen molar-refractivity contribution in [2.45, 2.75) is 51.9 Å². The molecule has 0 aromatic carbocycles. The Morgan fingerprint density at radius 2 is 1.88 bits per heavy atom. The van der Waals surface area contributed by atoms with Crippen molar-refractivity contribution in [3.63, 3.8) is 0 Å². The highest BCUT2D eigenvalue weighted by Gasteiger charge is 2.34. The molecule has 0 bridgehead atoms. The first-order valence-electron chi connectivity index (χ1n) is 7.02. The summed E-state index contributed by atoms with van der Waals surface area (Å²) < 4.78 is 0. The fourth-order valence-corrected chi connectivity index (χ4v) is 4.15. The largest absolute Gasteiger partial charge is 0.303 e. The highest BCUT2D eigenvalue weighted by Crippen LogP contribution is 2.40. The Morgan fingerprint density at radius 3 is 2.56 bits per heavy atom. The molecular weight excluding hydrogens is 262 g/mol. The van der Waals surface area contributed by atoms with E-state index in [9.17, 15) is 0 Å². The van der Waals surface area contributed by atoms with Crippen LogP contribution in [-0.2, 0) is 0 Å². The van der Waals surface area contributed by atoms with Gasteiger partial charge in [0.25, 0.3) is 0 Å². The van der Waals surface area contributed by atoms with E-state index in [4.69, 9.17) is 0 Å². The number of likely N-dealkylation sites (tertiary alicyclic amines) is 1. The van der Waals surface area contributed by atoms with Crippen LogP contribution in [0.3, 0.4) is 0 Å². The molecule has 2 aliphatic rings. The Balaban J connectivity index is 1.87. The smallest absolute Gasteiger partial charge is 0.0100 e. The maximum absolute atomic E-state index is 3.76. The minimum Gasteiger partial charge on any atom is -0.303 e.